The van der Waals surface area contributed by atoms with Crippen molar-refractivity contribution in [2.24, 2.45) is 22.9 Å². The van der Waals surface area contributed by atoms with Gasteiger partial charge in [-0.3, -0.25) is 4.79 Å². The number of rotatable bonds is 12. The number of hydrogen-bond acceptors (Lipinski definition) is 12. The summed E-state index contributed by atoms with van der Waals surface area (Å²) in [7, 11) is 0. The van der Waals surface area contributed by atoms with Crippen LogP contribution in [-0.2, 0) is 14.3 Å². The summed E-state index contributed by atoms with van der Waals surface area (Å²) in [6, 6.07) is -1.53. The lowest BCUT2D eigenvalue weighted by molar-refractivity contribution is -0.265. The molecule has 1 saturated heterocycles. The van der Waals surface area contributed by atoms with Crippen molar-refractivity contribution in [3.8, 4) is 0 Å². The van der Waals surface area contributed by atoms with Crippen LogP contribution in [0.2, 0.25) is 0 Å². The first-order chi connectivity index (χ1) is 15.7. The number of aliphatic hydroxyl groups excluding tert-OH is 4. The number of hydrogen-bond donors (Lipinski definition) is 10. The van der Waals surface area contributed by atoms with Crippen molar-refractivity contribution in [1.82, 2.24) is 10.6 Å². The molecule has 13 heteroatoms. The maximum absolute atomic E-state index is 12.1. The highest BCUT2D eigenvalue weighted by Crippen LogP contribution is 2.28. The Balaban J connectivity index is 1.99. The molecule has 0 bridgehead atoms. The second-order valence-electron chi connectivity index (χ2n) is 8.93. The maximum atomic E-state index is 12.1. The van der Waals surface area contributed by atoms with Crippen LogP contribution in [0.3, 0.4) is 0 Å². The third-order valence-electron chi connectivity index (χ3n) is 6.17. The molecule has 0 aromatic heterocycles. The second-order valence-corrected chi connectivity index (χ2v) is 8.93. The molecule has 2 aliphatic rings. The van der Waals surface area contributed by atoms with Crippen molar-refractivity contribution in [3.05, 3.63) is 0 Å². The second kappa shape index (κ2) is 13.8. The van der Waals surface area contributed by atoms with Gasteiger partial charge in [0.1, 0.15) is 12.2 Å². The van der Waals surface area contributed by atoms with Gasteiger partial charge in [-0.2, -0.15) is 0 Å². The average molecular weight is 479 g/mol. The van der Waals surface area contributed by atoms with E-state index in [4.69, 9.17) is 32.4 Å². The molecule has 14 N–H and O–H groups in total. The quantitative estimate of drug-likeness (QED) is 0.127. The first kappa shape index (κ1) is 28.3. The molecule has 13 nitrogen and oxygen atoms in total. The van der Waals surface area contributed by atoms with Crippen LogP contribution in [0.4, 0.5) is 0 Å². The van der Waals surface area contributed by atoms with Gasteiger partial charge in [-0.15, -0.1) is 0 Å². The Bertz CT molecular complexity index is 579. The van der Waals surface area contributed by atoms with E-state index in [2.05, 4.69) is 10.6 Å². The van der Waals surface area contributed by atoms with Crippen molar-refractivity contribution in [2.75, 3.05) is 26.2 Å². The smallest absolute Gasteiger partial charge is 0.249 e. The van der Waals surface area contributed by atoms with Crippen LogP contribution < -0.4 is 33.6 Å². The van der Waals surface area contributed by atoms with E-state index in [0.29, 0.717) is 19.4 Å². The van der Waals surface area contributed by atoms with E-state index in [1.54, 1.807) is 0 Å². The highest BCUT2D eigenvalue weighted by atomic mass is 16.7. The molecule has 0 spiro atoms. The predicted molar refractivity (Wildman–Crippen MR) is 120 cm³/mol. The monoisotopic (exact) mass is 478 g/mol. The largest absolute Gasteiger partial charge is 0.392 e. The summed E-state index contributed by atoms with van der Waals surface area (Å²) >= 11 is 0. The number of amides is 1. The van der Waals surface area contributed by atoms with Gasteiger partial charge in [0, 0.05) is 25.2 Å². The first-order valence-electron chi connectivity index (χ1n) is 11.6. The zero-order chi connectivity index (χ0) is 24.5. The molecule has 1 amide bonds. The summed E-state index contributed by atoms with van der Waals surface area (Å²) in [4.78, 5) is 12.1. The molecule has 194 valence electrons. The van der Waals surface area contributed by atoms with E-state index < -0.39 is 66.9 Å². The Hall–Kier alpha value is -0.970. The Morgan fingerprint density at radius 3 is 2.36 bits per heavy atom. The summed E-state index contributed by atoms with van der Waals surface area (Å²) in [5, 5.41) is 46.6. The molecule has 2 unspecified atom stereocenters. The average Bonchev–Trinajstić information content (AvgIpc) is 2.76. The zero-order valence-corrected chi connectivity index (χ0v) is 19.0. The van der Waals surface area contributed by atoms with Gasteiger partial charge in [0.25, 0.3) is 0 Å². The molecule has 1 heterocycles. The zero-order valence-electron chi connectivity index (χ0n) is 19.0. The summed E-state index contributed by atoms with van der Waals surface area (Å²) < 4.78 is 11.9. The Kier molecular flexibility index (Phi) is 11.8. The number of ether oxygens (including phenoxy) is 2. The highest BCUT2D eigenvalue weighted by Gasteiger charge is 2.43. The van der Waals surface area contributed by atoms with Crippen LogP contribution in [0, 0.1) is 0 Å². The van der Waals surface area contributed by atoms with Crippen LogP contribution in [-0.4, -0.2) is 114 Å². The van der Waals surface area contributed by atoms with Crippen molar-refractivity contribution < 1.29 is 34.7 Å². The fourth-order valence-electron chi connectivity index (χ4n) is 4.30. The molecule has 1 aliphatic heterocycles. The number of aliphatic hydroxyl groups is 4. The summed E-state index contributed by atoms with van der Waals surface area (Å²) in [5.41, 5.74) is 22.8. The third-order valence-corrected chi connectivity index (χ3v) is 6.17. The molecule has 33 heavy (non-hydrogen) atoms. The van der Waals surface area contributed by atoms with Crippen LogP contribution in [0.25, 0.3) is 0 Å². The van der Waals surface area contributed by atoms with Gasteiger partial charge < -0.3 is 63.5 Å². The fourth-order valence-corrected chi connectivity index (χ4v) is 4.30. The van der Waals surface area contributed by atoms with E-state index in [1.165, 1.54) is 0 Å². The van der Waals surface area contributed by atoms with Crippen LogP contribution >= 0.6 is 0 Å². The van der Waals surface area contributed by atoms with Gasteiger partial charge >= 0.3 is 0 Å². The molecule has 0 radical (unpaired) electrons. The molecule has 10 atom stereocenters. The number of nitrogens with two attached hydrogens (primary N) is 4. The van der Waals surface area contributed by atoms with Gasteiger partial charge in [-0.1, -0.05) is 0 Å². The molecule has 1 aliphatic carbocycles. The van der Waals surface area contributed by atoms with Crippen molar-refractivity contribution >= 4 is 5.91 Å². The molecular weight excluding hydrogens is 436 g/mol. The first-order valence-corrected chi connectivity index (χ1v) is 11.6. The Morgan fingerprint density at radius 1 is 1.06 bits per heavy atom. The van der Waals surface area contributed by atoms with E-state index in [-0.39, 0.29) is 38.9 Å². The lowest BCUT2D eigenvalue weighted by atomic mass is 9.86. The highest BCUT2D eigenvalue weighted by molar-refractivity contribution is 5.80. The van der Waals surface area contributed by atoms with Crippen LogP contribution in [0.5, 0.6) is 0 Å². The minimum Gasteiger partial charge on any atom is -0.392 e. The van der Waals surface area contributed by atoms with E-state index in [0.717, 1.165) is 0 Å². The number of nitrogens with one attached hydrogen (secondary N) is 2. The minimum atomic E-state index is -1.21. The topological polar surface area (TPSA) is 245 Å². The third kappa shape index (κ3) is 8.33. The number of carbonyl (C=O) groups excluding carboxylic acids is 1. The van der Waals surface area contributed by atoms with Gasteiger partial charge in [0.15, 0.2) is 6.29 Å². The summed E-state index contributed by atoms with van der Waals surface area (Å²) in [5.74, 6) is -0.556. The normalized spacial score (nSPS) is 36.8. The SMILES string of the molecule is NCCC(O)CN[C@@H]1C[C@H](O)[C@@H](CN)O[C@@H]1OC1[C@H](O)C[C@H](NC(=O)[C@@H](O)CCN)C[C@@H]1N. The molecule has 0 aromatic rings. The minimum absolute atomic E-state index is 0.0854. The maximum Gasteiger partial charge on any atom is 0.249 e. The van der Waals surface area contributed by atoms with Gasteiger partial charge in [0.2, 0.25) is 5.91 Å². The molecule has 2 rings (SSSR count). The lowest BCUT2D eigenvalue weighted by Gasteiger charge is -2.44. The van der Waals surface area contributed by atoms with E-state index in [9.17, 15) is 25.2 Å². The summed E-state index contributed by atoms with van der Waals surface area (Å²) in [6.45, 7) is 0.827. The standard InChI is InChI=1S/C20H42N6O7/c21-3-1-11(27)9-25-13-7-15(29)17(8-23)32-20(13)33-18-12(24)5-10(6-16(18)30)26-19(31)14(28)2-4-22/h10-18,20,25,27-30H,1-9,21-24H2,(H,26,31)/t10-,11?,12+,13-,14+,15+,16-,17-,18?,20-/m1/s1. The predicted octanol–water partition coefficient (Wildman–Crippen LogP) is -4.85. The molecule has 2 fully saturated rings. The summed E-state index contributed by atoms with van der Waals surface area (Å²) in [6.07, 6.45) is -4.65. The van der Waals surface area contributed by atoms with Crippen molar-refractivity contribution in [2.45, 2.75) is 93.1 Å². The fraction of sp³-hybridized carbons (Fsp3) is 0.950. The van der Waals surface area contributed by atoms with Gasteiger partial charge in [-0.05, 0) is 45.2 Å². The number of carbonyl (C=O) groups is 1. The van der Waals surface area contributed by atoms with Gasteiger partial charge in [0.05, 0.1) is 30.5 Å². The Morgan fingerprint density at radius 2 is 1.76 bits per heavy atom. The molecule has 1 saturated carbocycles. The van der Waals surface area contributed by atoms with Crippen molar-refractivity contribution in [3.63, 3.8) is 0 Å². The molecular formula is C20H42N6O7. The van der Waals surface area contributed by atoms with E-state index >= 15 is 0 Å². The van der Waals surface area contributed by atoms with Crippen molar-refractivity contribution in [1.29, 1.82) is 0 Å². The van der Waals surface area contributed by atoms with Gasteiger partial charge in [-0.25, -0.2) is 0 Å². The van der Waals surface area contributed by atoms with Crippen LogP contribution in [0.1, 0.15) is 32.1 Å². The Labute approximate surface area is 194 Å². The lowest BCUT2D eigenvalue weighted by Crippen LogP contribution is -2.62. The molecule has 0 aromatic carbocycles. The van der Waals surface area contributed by atoms with E-state index in [1.807, 2.05) is 0 Å². The van der Waals surface area contributed by atoms with Crippen LogP contribution in [0.15, 0.2) is 0 Å².